The summed E-state index contributed by atoms with van der Waals surface area (Å²) in [6.07, 6.45) is 5.25. The van der Waals surface area contributed by atoms with Gasteiger partial charge in [-0.3, -0.25) is 14.7 Å². The number of nitrogens with zero attached hydrogens (tertiary/aromatic N) is 2. The van der Waals surface area contributed by atoms with Gasteiger partial charge in [-0.1, -0.05) is 12.1 Å². The van der Waals surface area contributed by atoms with E-state index in [-0.39, 0.29) is 11.8 Å². The Morgan fingerprint density at radius 1 is 1.15 bits per heavy atom. The fourth-order valence-corrected chi connectivity index (χ4v) is 2.81. The number of aromatic nitrogens is 2. The molecule has 0 radical (unpaired) electrons. The molecule has 1 aromatic carbocycles. The third-order valence-corrected chi connectivity index (χ3v) is 4.45. The van der Waals surface area contributed by atoms with Crippen LogP contribution < -0.4 is 5.32 Å². The Hall–Kier alpha value is -3.35. The van der Waals surface area contributed by atoms with Gasteiger partial charge in [-0.15, -0.1) is 0 Å². The lowest BCUT2D eigenvalue weighted by Gasteiger charge is -2.21. The van der Waals surface area contributed by atoms with Crippen LogP contribution in [0.4, 0.5) is 0 Å². The molecule has 0 bridgehead atoms. The largest absolute Gasteiger partial charge is 0.467 e. The molecule has 1 aliphatic carbocycles. The van der Waals surface area contributed by atoms with Crippen molar-refractivity contribution in [3.05, 3.63) is 77.5 Å². The van der Waals surface area contributed by atoms with Gasteiger partial charge < -0.3 is 14.6 Å². The predicted molar refractivity (Wildman–Crippen MR) is 97.8 cm³/mol. The van der Waals surface area contributed by atoms with Gasteiger partial charge in [0.2, 0.25) is 0 Å². The van der Waals surface area contributed by atoms with E-state index in [4.69, 9.17) is 4.42 Å². The van der Waals surface area contributed by atoms with Gasteiger partial charge in [0.15, 0.2) is 0 Å². The Morgan fingerprint density at radius 3 is 2.59 bits per heavy atom. The molecule has 2 heterocycles. The van der Waals surface area contributed by atoms with Crippen LogP contribution in [0.25, 0.3) is 0 Å². The molecule has 3 aromatic rings. The lowest BCUT2D eigenvalue weighted by molar-refractivity contribution is 0.0711. The van der Waals surface area contributed by atoms with Crippen LogP contribution in [0.15, 0.2) is 59.3 Å². The fraction of sp³-hybridized carbons (Fsp3) is 0.250. The third kappa shape index (κ3) is 4.25. The van der Waals surface area contributed by atoms with E-state index in [1.807, 2.05) is 18.2 Å². The molecule has 4 rings (SSSR count). The van der Waals surface area contributed by atoms with Crippen molar-refractivity contribution in [3.63, 3.8) is 0 Å². The zero-order chi connectivity index (χ0) is 18.6. The maximum atomic E-state index is 12.8. The highest BCUT2D eigenvalue weighted by Gasteiger charge is 2.24. The van der Waals surface area contributed by atoms with Gasteiger partial charge in [0.25, 0.3) is 11.8 Å². The minimum absolute atomic E-state index is 0.0509. The van der Waals surface area contributed by atoms with Crippen molar-refractivity contribution in [1.29, 1.82) is 0 Å². The molecule has 1 fully saturated rings. The summed E-state index contributed by atoms with van der Waals surface area (Å²) in [5.74, 6) is 0.479. The first kappa shape index (κ1) is 17.1. The molecule has 27 heavy (non-hydrogen) atoms. The summed E-state index contributed by atoms with van der Waals surface area (Å²) in [7, 11) is 0. The Morgan fingerprint density at radius 2 is 1.96 bits per heavy atom. The molecule has 1 saturated carbocycles. The molecule has 0 spiro atoms. The van der Waals surface area contributed by atoms with Crippen molar-refractivity contribution in [2.45, 2.75) is 32.0 Å². The Kier molecular flexibility index (Phi) is 4.74. The van der Waals surface area contributed by atoms with Crippen LogP contribution in [-0.2, 0) is 13.1 Å². The summed E-state index contributed by atoms with van der Waals surface area (Å²) in [5.41, 5.74) is 1.97. The van der Waals surface area contributed by atoms with Gasteiger partial charge in [0.1, 0.15) is 11.5 Å². The molecule has 2 aromatic heterocycles. The van der Waals surface area contributed by atoms with Crippen molar-refractivity contribution < 1.29 is 14.0 Å². The van der Waals surface area contributed by atoms with E-state index >= 15 is 0 Å². The number of H-pyrrole nitrogens is 1. The summed E-state index contributed by atoms with van der Waals surface area (Å²) in [6.45, 7) is 0.734. The minimum atomic E-state index is -0.167. The smallest absolute Gasteiger partial charge is 0.272 e. The van der Waals surface area contributed by atoms with Gasteiger partial charge in [-0.2, -0.15) is 5.10 Å². The number of rotatable bonds is 7. The minimum Gasteiger partial charge on any atom is -0.467 e. The molecule has 1 aliphatic rings. The maximum Gasteiger partial charge on any atom is 0.272 e. The summed E-state index contributed by atoms with van der Waals surface area (Å²) in [6, 6.07) is 12.9. The number of carbonyl (C=O) groups excluding carboxylic acids is 2. The van der Waals surface area contributed by atoms with Crippen LogP contribution in [0.3, 0.4) is 0 Å². The van der Waals surface area contributed by atoms with Crippen molar-refractivity contribution in [3.8, 4) is 0 Å². The first-order valence-corrected chi connectivity index (χ1v) is 8.90. The maximum absolute atomic E-state index is 12.8. The molecule has 0 aliphatic heterocycles. The van der Waals surface area contributed by atoms with E-state index in [0.717, 1.165) is 18.4 Å². The first-order chi connectivity index (χ1) is 13.2. The molecule has 2 N–H and O–H groups in total. The molecule has 0 atom stereocenters. The number of hydrogen-bond donors (Lipinski definition) is 2. The normalized spacial score (nSPS) is 13.3. The highest BCUT2D eigenvalue weighted by atomic mass is 16.3. The molecule has 138 valence electrons. The van der Waals surface area contributed by atoms with Gasteiger partial charge in [-0.25, -0.2) is 0 Å². The number of aromatic amines is 1. The SMILES string of the molecule is O=C(NC1CC1)c1ccc(CN(Cc2ccco2)C(=O)c2ccn[nH]2)cc1. The van der Waals surface area contributed by atoms with Crippen LogP contribution in [-0.4, -0.2) is 33.0 Å². The molecular weight excluding hydrogens is 344 g/mol. The monoisotopic (exact) mass is 364 g/mol. The van der Waals surface area contributed by atoms with Crippen LogP contribution >= 0.6 is 0 Å². The number of hydrogen-bond acceptors (Lipinski definition) is 4. The lowest BCUT2D eigenvalue weighted by Crippen LogP contribution is -2.30. The first-order valence-electron chi connectivity index (χ1n) is 8.90. The zero-order valence-electron chi connectivity index (χ0n) is 14.7. The van der Waals surface area contributed by atoms with E-state index in [1.54, 1.807) is 41.6 Å². The van der Waals surface area contributed by atoms with Gasteiger partial charge >= 0.3 is 0 Å². The Bertz CT molecular complexity index is 897. The van der Waals surface area contributed by atoms with Gasteiger partial charge in [0, 0.05) is 24.3 Å². The molecule has 0 saturated heterocycles. The molecule has 0 unspecified atom stereocenters. The van der Waals surface area contributed by atoms with Crippen LogP contribution in [0.5, 0.6) is 0 Å². The fourth-order valence-electron chi connectivity index (χ4n) is 2.81. The van der Waals surface area contributed by atoms with Gasteiger partial charge in [0.05, 0.1) is 12.8 Å². The second-order valence-corrected chi connectivity index (χ2v) is 6.66. The Labute approximate surface area is 156 Å². The van der Waals surface area contributed by atoms with Crippen molar-refractivity contribution in [2.75, 3.05) is 0 Å². The standard InChI is InChI=1S/C20H20N4O3/c25-19(22-16-7-8-16)15-5-3-14(4-6-15)12-24(13-17-2-1-11-27-17)20(26)18-9-10-21-23-18/h1-6,9-11,16H,7-8,12-13H2,(H,21,23)(H,22,25). The number of carbonyl (C=O) groups is 2. The van der Waals surface area contributed by atoms with E-state index in [2.05, 4.69) is 15.5 Å². The van der Waals surface area contributed by atoms with Crippen molar-refractivity contribution in [2.24, 2.45) is 0 Å². The Balaban J connectivity index is 1.48. The second-order valence-electron chi connectivity index (χ2n) is 6.66. The molecule has 7 nitrogen and oxygen atoms in total. The van der Waals surface area contributed by atoms with Crippen LogP contribution in [0.1, 0.15) is 45.0 Å². The number of amides is 2. The van der Waals surface area contributed by atoms with Crippen LogP contribution in [0, 0.1) is 0 Å². The predicted octanol–water partition coefficient (Wildman–Crippen LogP) is 2.74. The summed E-state index contributed by atoms with van der Waals surface area (Å²) in [5, 5.41) is 9.53. The summed E-state index contributed by atoms with van der Waals surface area (Å²) in [4.78, 5) is 26.6. The van der Waals surface area contributed by atoms with E-state index < -0.39 is 0 Å². The second kappa shape index (κ2) is 7.49. The van der Waals surface area contributed by atoms with E-state index in [1.165, 1.54) is 0 Å². The number of furan rings is 1. The molecular formula is C20H20N4O3. The lowest BCUT2D eigenvalue weighted by atomic mass is 10.1. The van der Waals surface area contributed by atoms with Crippen molar-refractivity contribution in [1.82, 2.24) is 20.4 Å². The average Bonchev–Trinajstić information content (AvgIpc) is 3.14. The quantitative estimate of drug-likeness (QED) is 0.674. The number of benzene rings is 1. The van der Waals surface area contributed by atoms with E-state index in [0.29, 0.717) is 36.1 Å². The molecule has 2 amide bonds. The van der Waals surface area contributed by atoms with Crippen LogP contribution in [0.2, 0.25) is 0 Å². The van der Waals surface area contributed by atoms with E-state index in [9.17, 15) is 9.59 Å². The number of nitrogens with one attached hydrogen (secondary N) is 2. The van der Waals surface area contributed by atoms with Gasteiger partial charge in [-0.05, 0) is 48.7 Å². The highest BCUT2D eigenvalue weighted by molar-refractivity contribution is 5.94. The average molecular weight is 364 g/mol. The zero-order valence-corrected chi connectivity index (χ0v) is 14.7. The molecule has 7 heteroatoms. The summed E-state index contributed by atoms with van der Waals surface area (Å²) >= 11 is 0. The summed E-state index contributed by atoms with van der Waals surface area (Å²) < 4.78 is 5.39. The van der Waals surface area contributed by atoms with Crippen molar-refractivity contribution >= 4 is 11.8 Å². The topological polar surface area (TPSA) is 91.2 Å². The third-order valence-electron chi connectivity index (χ3n) is 4.45. The highest BCUT2D eigenvalue weighted by Crippen LogP contribution is 2.20.